The van der Waals surface area contributed by atoms with Crippen molar-refractivity contribution < 1.29 is 17.9 Å². The van der Waals surface area contributed by atoms with Crippen molar-refractivity contribution in [1.82, 2.24) is 4.90 Å². The summed E-state index contributed by atoms with van der Waals surface area (Å²) in [6.45, 7) is 0.0555. The molecule has 0 atom stereocenters. The first-order chi connectivity index (χ1) is 10.6. The van der Waals surface area contributed by atoms with Crippen molar-refractivity contribution in [2.45, 2.75) is 12.7 Å². The van der Waals surface area contributed by atoms with Crippen molar-refractivity contribution in [2.75, 3.05) is 6.73 Å². The molecule has 0 N–H and O–H groups in total. The number of nitrogens with zero attached hydrogens (tertiary/aromatic N) is 1. The zero-order valence-corrected chi connectivity index (χ0v) is 11.7. The van der Waals surface area contributed by atoms with Crippen molar-refractivity contribution in [2.24, 2.45) is 0 Å². The maximum atomic E-state index is 13.5. The summed E-state index contributed by atoms with van der Waals surface area (Å²) in [5.41, 5.74) is 0.523. The Hall–Kier alpha value is -2.43. The Morgan fingerprint density at radius 2 is 1.50 bits per heavy atom. The summed E-state index contributed by atoms with van der Waals surface area (Å²) in [6.07, 6.45) is -4.46. The summed E-state index contributed by atoms with van der Waals surface area (Å²) in [7, 11) is 0. The van der Waals surface area contributed by atoms with Gasteiger partial charge in [0.2, 0.25) is 0 Å². The van der Waals surface area contributed by atoms with E-state index in [4.69, 9.17) is 4.74 Å². The Morgan fingerprint density at radius 3 is 2.09 bits per heavy atom. The van der Waals surface area contributed by atoms with Crippen LogP contribution >= 0.6 is 0 Å². The Labute approximate surface area is 126 Å². The number of hydrogen-bond acceptors (Lipinski definition) is 2. The number of hydrogen-bond donors (Lipinski definition) is 0. The standard InChI is InChI=1S/C17H14F3NO/c18-17(19,20)16-15(14-9-5-2-6-10-14)22-12-21(16)11-13-7-3-1-4-8-13/h1-10H,11-12H2. The maximum Gasteiger partial charge on any atom is 0.434 e. The Kier molecular flexibility index (Phi) is 3.79. The zero-order chi connectivity index (χ0) is 15.6. The molecular weight excluding hydrogens is 291 g/mol. The molecule has 2 aromatic carbocycles. The van der Waals surface area contributed by atoms with Gasteiger partial charge in [-0.25, -0.2) is 0 Å². The number of allylic oxidation sites excluding steroid dienone is 1. The highest BCUT2D eigenvalue weighted by atomic mass is 19.4. The Morgan fingerprint density at radius 1 is 0.909 bits per heavy atom. The topological polar surface area (TPSA) is 12.5 Å². The summed E-state index contributed by atoms with van der Waals surface area (Å²) in [6, 6.07) is 17.4. The number of ether oxygens (including phenoxy) is 1. The molecule has 2 aromatic rings. The molecule has 0 aromatic heterocycles. The van der Waals surface area contributed by atoms with Crippen LogP contribution in [-0.2, 0) is 11.3 Å². The van der Waals surface area contributed by atoms with Gasteiger partial charge in [-0.15, -0.1) is 0 Å². The molecular formula is C17H14F3NO. The van der Waals surface area contributed by atoms with Crippen LogP contribution < -0.4 is 0 Å². The number of rotatable bonds is 3. The maximum absolute atomic E-state index is 13.5. The van der Waals surface area contributed by atoms with E-state index in [0.717, 1.165) is 5.56 Å². The molecule has 1 aliphatic heterocycles. The first-order valence-corrected chi connectivity index (χ1v) is 6.84. The summed E-state index contributed by atoms with van der Waals surface area (Å²) in [5, 5.41) is 0. The predicted octanol–water partition coefficient (Wildman–Crippen LogP) is 4.41. The van der Waals surface area contributed by atoms with E-state index < -0.39 is 11.9 Å². The van der Waals surface area contributed by atoms with Crippen LogP contribution in [0.2, 0.25) is 0 Å². The average Bonchev–Trinajstić information content (AvgIpc) is 2.93. The fraction of sp³-hybridized carbons (Fsp3) is 0.176. The minimum atomic E-state index is -4.46. The second-order valence-electron chi connectivity index (χ2n) is 5.00. The summed E-state index contributed by atoms with van der Waals surface area (Å²) < 4.78 is 45.8. The molecule has 22 heavy (non-hydrogen) atoms. The highest BCUT2D eigenvalue weighted by Crippen LogP contribution is 2.40. The molecule has 0 spiro atoms. The quantitative estimate of drug-likeness (QED) is 0.833. The van der Waals surface area contributed by atoms with Crippen LogP contribution in [-0.4, -0.2) is 17.8 Å². The van der Waals surface area contributed by atoms with E-state index in [1.165, 1.54) is 4.90 Å². The monoisotopic (exact) mass is 305 g/mol. The zero-order valence-electron chi connectivity index (χ0n) is 11.7. The van der Waals surface area contributed by atoms with E-state index in [9.17, 15) is 13.2 Å². The summed E-state index contributed by atoms with van der Waals surface area (Å²) >= 11 is 0. The van der Waals surface area contributed by atoms with Gasteiger partial charge < -0.3 is 9.64 Å². The second-order valence-corrected chi connectivity index (χ2v) is 5.00. The van der Waals surface area contributed by atoms with Crippen molar-refractivity contribution in [3.63, 3.8) is 0 Å². The van der Waals surface area contributed by atoms with Crippen molar-refractivity contribution in [3.8, 4) is 0 Å². The molecule has 114 valence electrons. The number of halogens is 3. The average molecular weight is 305 g/mol. The molecule has 0 fully saturated rings. The van der Waals surface area contributed by atoms with Gasteiger partial charge in [0, 0.05) is 12.1 Å². The van der Waals surface area contributed by atoms with Crippen molar-refractivity contribution in [3.05, 3.63) is 77.5 Å². The minimum absolute atomic E-state index is 0.103. The van der Waals surface area contributed by atoms with Gasteiger partial charge in [0.05, 0.1) is 0 Å². The van der Waals surface area contributed by atoms with Crippen molar-refractivity contribution in [1.29, 1.82) is 0 Å². The molecule has 3 rings (SSSR count). The van der Waals surface area contributed by atoms with Gasteiger partial charge in [0.1, 0.15) is 0 Å². The van der Waals surface area contributed by atoms with Crippen LogP contribution in [0.25, 0.3) is 5.76 Å². The normalized spacial score (nSPS) is 15.1. The highest BCUT2D eigenvalue weighted by Gasteiger charge is 2.44. The molecule has 0 saturated carbocycles. The van der Waals surface area contributed by atoms with Gasteiger partial charge in [-0.2, -0.15) is 13.2 Å². The smallest absolute Gasteiger partial charge is 0.434 e. The number of benzene rings is 2. The molecule has 0 bridgehead atoms. The molecule has 1 aliphatic rings. The lowest BCUT2D eigenvalue weighted by Gasteiger charge is -2.21. The largest absolute Gasteiger partial charge is 0.470 e. The third-order valence-electron chi connectivity index (χ3n) is 3.42. The minimum Gasteiger partial charge on any atom is -0.470 e. The molecule has 0 amide bonds. The second kappa shape index (κ2) is 5.75. The van der Waals surface area contributed by atoms with E-state index in [1.54, 1.807) is 54.6 Å². The van der Waals surface area contributed by atoms with Gasteiger partial charge in [0.15, 0.2) is 18.2 Å². The molecule has 1 heterocycles. The Bertz CT molecular complexity index is 665. The Balaban J connectivity index is 1.97. The lowest BCUT2D eigenvalue weighted by atomic mass is 10.1. The fourth-order valence-electron chi connectivity index (χ4n) is 2.47. The van der Waals surface area contributed by atoms with Crippen LogP contribution in [0.15, 0.2) is 66.4 Å². The molecule has 5 heteroatoms. The first kappa shape index (κ1) is 14.5. The SMILES string of the molecule is FC(F)(F)C1=C(c2ccccc2)OCN1Cc1ccccc1. The van der Waals surface area contributed by atoms with Gasteiger partial charge >= 0.3 is 6.18 Å². The van der Waals surface area contributed by atoms with E-state index >= 15 is 0 Å². The molecule has 0 unspecified atom stereocenters. The molecule has 0 radical (unpaired) electrons. The van der Waals surface area contributed by atoms with Gasteiger partial charge in [-0.05, 0) is 5.56 Å². The molecule has 2 nitrogen and oxygen atoms in total. The third-order valence-corrected chi connectivity index (χ3v) is 3.42. The fourth-order valence-corrected chi connectivity index (χ4v) is 2.47. The summed E-state index contributed by atoms with van der Waals surface area (Å²) in [5.74, 6) is -0.107. The lowest BCUT2D eigenvalue weighted by Crippen LogP contribution is -2.28. The summed E-state index contributed by atoms with van der Waals surface area (Å²) in [4.78, 5) is 1.22. The lowest BCUT2D eigenvalue weighted by molar-refractivity contribution is -0.110. The van der Waals surface area contributed by atoms with Gasteiger partial charge in [-0.3, -0.25) is 0 Å². The predicted molar refractivity (Wildman–Crippen MR) is 77.4 cm³/mol. The van der Waals surface area contributed by atoms with Crippen molar-refractivity contribution >= 4 is 5.76 Å². The van der Waals surface area contributed by atoms with Crippen LogP contribution in [0.5, 0.6) is 0 Å². The van der Waals surface area contributed by atoms with Crippen LogP contribution in [0, 0.1) is 0 Å². The number of alkyl halides is 3. The van der Waals surface area contributed by atoms with E-state index in [0.29, 0.717) is 5.56 Å². The molecule has 0 saturated heterocycles. The van der Waals surface area contributed by atoms with E-state index in [2.05, 4.69) is 0 Å². The first-order valence-electron chi connectivity index (χ1n) is 6.84. The van der Waals surface area contributed by atoms with Crippen LogP contribution in [0.3, 0.4) is 0 Å². The van der Waals surface area contributed by atoms with Crippen LogP contribution in [0.4, 0.5) is 13.2 Å². The van der Waals surface area contributed by atoms with E-state index in [1.807, 2.05) is 6.07 Å². The highest BCUT2D eigenvalue weighted by molar-refractivity contribution is 5.65. The van der Waals surface area contributed by atoms with E-state index in [-0.39, 0.29) is 19.0 Å². The van der Waals surface area contributed by atoms with Gasteiger partial charge in [0.25, 0.3) is 0 Å². The molecule has 0 aliphatic carbocycles. The van der Waals surface area contributed by atoms with Gasteiger partial charge in [-0.1, -0.05) is 60.7 Å². The third kappa shape index (κ3) is 2.93. The van der Waals surface area contributed by atoms with Crippen LogP contribution in [0.1, 0.15) is 11.1 Å².